The van der Waals surface area contributed by atoms with Gasteiger partial charge in [0.1, 0.15) is 16.9 Å². The summed E-state index contributed by atoms with van der Waals surface area (Å²) >= 11 is 0. The first-order chi connectivity index (χ1) is 12.0. The number of hydrogen-bond donors (Lipinski definition) is 1. The van der Waals surface area contributed by atoms with Gasteiger partial charge >= 0.3 is 11.6 Å². The lowest BCUT2D eigenvalue weighted by Crippen LogP contribution is -2.41. The zero-order valence-corrected chi connectivity index (χ0v) is 14.4. The van der Waals surface area contributed by atoms with Crippen molar-refractivity contribution in [1.29, 1.82) is 0 Å². The van der Waals surface area contributed by atoms with Crippen LogP contribution in [0.2, 0.25) is 0 Å². The Morgan fingerprint density at radius 1 is 1.20 bits per heavy atom. The molecule has 0 radical (unpaired) electrons. The molecular formula is C20H22O5. The van der Waals surface area contributed by atoms with Gasteiger partial charge in [-0.25, -0.2) is 4.79 Å². The van der Waals surface area contributed by atoms with Gasteiger partial charge in [-0.05, 0) is 62.6 Å². The Bertz CT molecular complexity index is 902. The van der Waals surface area contributed by atoms with Crippen molar-refractivity contribution in [3.8, 4) is 5.75 Å². The molecule has 1 fully saturated rings. The number of carboxylic acids is 1. The molecule has 1 spiro atoms. The SMILES string of the molecule is Cc1c(CC(=O)O)c(=O)oc2cc3c(cc12)CCC1(CCCCC1)O3. The Kier molecular flexibility index (Phi) is 3.82. The molecule has 5 nitrogen and oxygen atoms in total. The van der Waals surface area contributed by atoms with E-state index in [0.717, 1.165) is 42.4 Å². The molecule has 1 aromatic carbocycles. The van der Waals surface area contributed by atoms with Gasteiger partial charge in [-0.2, -0.15) is 0 Å². The predicted molar refractivity (Wildman–Crippen MR) is 93.3 cm³/mol. The topological polar surface area (TPSA) is 76.7 Å². The van der Waals surface area contributed by atoms with E-state index < -0.39 is 11.6 Å². The van der Waals surface area contributed by atoms with Crippen LogP contribution >= 0.6 is 0 Å². The Hall–Kier alpha value is -2.30. The third-order valence-corrected chi connectivity index (χ3v) is 5.74. The molecule has 0 unspecified atom stereocenters. The zero-order valence-electron chi connectivity index (χ0n) is 14.4. The minimum absolute atomic E-state index is 0.0580. The lowest BCUT2D eigenvalue weighted by atomic mass is 9.79. The highest BCUT2D eigenvalue weighted by atomic mass is 16.5. The summed E-state index contributed by atoms with van der Waals surface area (Å²) in [5.74, 6) is -0.218. The van der Waals surface area contributed by atoms with E-state index in [1.807, 2.05) is 12.1 Å². The van der Waals surface area contributed by atoms with Gasteiger partial charge in [-0.3, -0.25) is 4.79 Å². The van der Waals surface area contributed by atoms with Crippen molar-refractivity contribution in [2.45, 2.75) is 63.9 Å². The number of aliphatic carboxylic acids is 1. The van der Waals surface area contributed by atoms with Crippen molar-refractivity contribution in [2.75, 3.05) is 0 Å². The van der Waals surface area contributed by atoms with Crippen LogP contribution in [0.15, 0.2) is 21.3 Å². The van der Waals surface area contributed by atoms with E-state index >= 15 is 0 Å². The molecule has 2 aromatic rings. The monoisotopic (exact) mass is 342 g/mol. The van der Waals surface area contributed by atoms with Crippen LogP contribution in [0.4, 0.5) is 0 Å². The second-order valence-corrected chi connectivity index (χ2v) is 7.37. The predicted octanol–water partition coefficient (Wildman–Crippen LogP) is 3.76. The molecule has 2 heterocycles. The molecule has 1 N–H and O–H groups in total. The van der Waals surface area contributed by atoms with Gasteiger partial charge in [-0.1, -0.05) is 6.42 Å². The quantitative estimate of drug-likeness (QED) is 0.841. The largest absolute Gasteiger partial charge is 0.487 e. The highest BCUT2D eigenvalue weighted by Gasteiger charge is 2.37. The fraction of sp³-hybridized carbons (Fsp3) is 0.500. The maximum absolute atomic E-state index is 12.2. The van der Waals surface area contributed by atoms with Gasteiger partial charge in [-0.15, -0.1) is 0 Å². The van der Waals surface area contributed by atoms with Crippen LogP contribution in [0, 0.1) is 6.92 Å². The minimum Gasteiger partial charge on any atom is -0.487 e. The van der Waals surface area contributed by atoms with E-state index in [2.05, 4.69) is 0 Å². The number of hydrogen-bond acceptors (Lipinski definition) is 4. The first-order valence-electron chi connectivity index (χ1n) is 8.97. The molecule has 1 aromatic heterocycles. The average Bonchev–Trinajstić information content (AvgIpc) is 2.58. The number of fused-ring (bicyclic) bond motifs is 2. The molecule has 1 aliphatic carbocycles. The summed E-state index contributed by atoms with van der Waals surface area (Å²) in [7, 11) is 0. The number of aryl methyl sites for hydroxylation is 2. The standard InChI is InChI=1S/C20H22O5/c1-12-14-9-13-5-8-20(6-3-2-4-7-20)25-16(13)11-17(14)24-19(23)15(12)10-18(21)22/h9,11H,2-8,10H2,1H3,(H,21,22). The van der Waals surface area contributed by atoms with Gasteiger partial charge in [0, 0.05) is 11.5 Å². The number of ether oxygens (including phenoxy) is 1. The molecule has 132 valence electrons. The molecule has 0 saturated heterocycles. The van der Waals surface area contributed by atoms with Crippen molar-refractivity contribution in [1.82, 2.24) is 0 Å². The molecule has 0 atom stereocenters. The van der Waals surface area contributed by atoms with Gasteiger partial charge in [0.15, 0.2) is 0 Å². The molecule has 1 saturated carbocycles. The van der Waals surface area contributed by atoms with Crippen LogP contribution in [0.3, 0.4) is 0 Å². The highest BCUT2D eigenvalue weighted by Crippen LogP contribution is 2.43. The summed E-state index contributed by atoms with van der Waals surface area (Å²) in [6.45, 7) is 1.79. The second kappa shape index (κ2) is 5.90. The minimum atomic E-state index is -1.03. The molecular weight excluding hydrogens is 320 g/mol. The smallest absolute Gasteiger partial charge is 0.340 e. The molecule has 5 heteroatoms. The van der Waals surface area contributed by atoms with E-state index in [1.165, 1.54) is 19.3 Å². The molecule has 1 aliphatic heterocycles. The van der Waals surface area contributed by atoms with Crippen LogP contribution in [-0.4, -0.2) is 16.7 Å². The van der Waals surface area contributed by atoms with Gasteiger partial charge in [0.25, 0.3) is 0 Å². The van der Waals surface area contributed by atoms with Crippen LogP contribution in [-0.2, 0) is 17.6 Å². The Morgan fingerprint density at radius 3 is 2.68 bits per heavy atom. The summed E-state index contributed by atoms with van der Waals surface area (Å²) in [4.78, 5) is 23.2. The average molecular weight is 342 g/mol. The summed E-state index contributed by atoms with van der Waals surface area (Å²) in [6.07, 6.45) is 7.50. The zero-order chi connectivity index (χ0) is 17.6. The second-order valence-electron chi connectivity index (χ2n) is 7.37. The van der Waals surface area contributed by atoms with Crippen LogP contribution in [0.5, 0.6) is 5.75 Å². The fourth-order valence-corrected chi connectivity index (χ4v) is 4.30. The number of benzene rings is 1. The van der Waals surface area contributed by atoms with Gasteiger partial charge < -0.3 is 14.3 Å². The lowest BCUT2D eigenvalue weighted by Gasteiger charge is -2.41. The van der Waals surface area contributed by atoms with E-state index in [9.17, 15) is 9.59 Å². The third kappa shape index (κ3) is 2.81. The number of carboxylic acid groups (broad SMARTS) is 1. The van der Waals surface area contributed by atoms with Crippen LogP contribution in [0.25, 0.3) is 11.0 Å². The fourth-order valence-electron chi connectivity index (χ4n) is 4.30. The summed E-state index contributed by atoms with van der Waals surface area (Å²) in [5.41, 5.74) is 1.87. The molecule has 4 rings (SSSR count). The maximum atomic E-state index is 12.2. The number of carbonyl (C=O) groups is 1. The molecule has 2 aliphatic rings. The van der Waals surface area contributed by atoms with Crippen molar-refractivity contribution in [3.63, 3.8) is 0 Å². The summed E-state index contributed by atoms with van der Waals surface area (Å²) in [6, 6.07) is 3.82. The first kappa shape index (κ1) is 16.2. The summed E-state index contributed by atoms with van der Waals surface area (Å²) < 4.78 is 11.8. The van der Waals surface area contributed by atoms with Crippen LogP contribution < -0.4 is 10.4 Å². The first-order valence-corrected chi connectivity index (χ1v) is 8.97. The van der Waals surface area contributed by atoms with Crippen molar-refractivity contribution < 1.29 is 19.1 Å². The Balaban J connectivity index is 1.79. The van der Waals surface area contributed by atoms with Gasteiger partial charge in [0.2, 0.25) is 0 Å². The normalized spacial score (nSPS) is 18.8. The van der Waals surface area contributed by atoms with E-state index in [0.29, 0.717) is 11.1 Å². The van der Waals surface area contributed by atoms with Gasteiger partial charge in [0.05, 0.1) is 12.0 Å². The van der Waals surface area contributed by atoms with E-state index in [-0.39, 0.29) is 17.6 Å². The Labute approximate surface area is 145 Å². The molecule has 25 heavy (non-hydrogen) atoms. The van der Waals surface area contributed by atoms with E-state index in [4.69, 9.17) is 14.3 Å². The van der Waals surface area contributed by atoms with Crippen LogP contribution in [0.1, 0.15) is 55.2 Å². The lowest BCUT2D eigenvalue weighted by molar-refractivity contribution is -0.136. The third-order valence-electron chi connectivity index (χ3n) is 5.74. The van der Waals surface area contributed by atoms with Crippen molar-refractivity contribution in [2.24, 2.45) is 0 Å². The van der Waals surface area contributed by atoms with Crippen molar-refractivity contribution >= 4 is 16.9 Å². The van der Waals surface area contributed by atoms with Crippen molar-refractivity contribution in [3.05, 3.63) is 39.2 Å². The van der Waals surface area contributed by atoms with E-state index in [1.54, 1.807) is 6.92 Å². The maximum Gasteiger partial charge on any atom is 0.340 e. The molecule has 0 bridgehead atoms. The number of rotatable bonds is 2. The highest BCUT2D eigenvalue weighted by molar-refractivity contribution is 5.85. The Morgan fingerprint density at radius 2 is 1.96 bits per heavy atom. The summed E-state index contributed by atoms with van der Waals surface area (Å²) in [5, 5.41) is 9.82. The molecule has 0 amide bonds.